The molecule has 0 bridgehead atoms. The third-order valence-corrected chi connectivity index (χ3v) is 4.71. The van der Waals surface area contributed by atoms with Crippen molar-refractivity contribution in [3.8, 4) is 22.6 Å². The highest BCUT2D eigenvalue weighted by Gasteiger charge is 2.16. The first-order valence-corrected chi connectivity index (χ1v) is 9.53. The topological polar surface area (TPSA) is 60.2 Å². The van der Waals surface area contributed by atoms with E-state index in [-0.39, 0.29) is 0 Å². The summed E-state index contributed by atoms with van der Waals surface area (Å²) in [5.41, 5.74) is 4.06. The summed E-state index contributed by atoms with van der Waals surface area (Å²) in [6.45, 7) is 0. The van der Waals surface area contributed by atoms with Gasteiger partial charge in [0.15, 0.2) is 5.82 Å². The van der Waals surface area contributed by atoms with Crippen LogP contribution in [-0.2, 0) is 9.53 Å². The molecule has 0 unspecified atom stereocenters. The summed E-state index contributed by atoms with van der Waals surface area (Å²) in [5, 5.41) is 1.01. The number of aromatic nitrogens is 3. The molecule has 0 aliphatic rings. The Morgan fingerprint density at radius 2 is 1.83 bits per heavy atom. The maximum Gasteiger partial charge on any atom is 0.356 e. The lowest BCUT2D eigenvalue weighted by molar-refractivity contribution is -0.134. The molecule has 4 aromatic rings. The Labute approximate surface area is 175 Å². The Morgan fingerprint density at radius 3 is 2.57 bits per heavy atom. The number of benzene rings is 2. The van der Waals surface area contributed by atoms with Gasteiger partial charge in [-0.05, 0) is 23.6 Å². The molecule has 0 spiro atoms. The van der Waals surface area contributed by atoms with Gasteiger partial charge in [0.05, 0.1) is 18.3 Å². The zero-order chi connectivity index (χ0) is 21.1. The van der Waals surface area contributed by atoms with E-state index in [9.17, 15) is 4.79 Å². The summed E-state index contributed by atoms with van der Waals surface area (Å²) < 4.78 is 6.81. The van der Waals surface area contributed by atoms with E-state index in [2.05, 4.69) is 4.98 Å². The van der Waals surface area contributed by atoms with E-state index < -0.39 is 5.97 Å². The number of hydrogen-bond acceptors (Lipinski definition) is 5. The fourth-order valence-corrected chi connectivity index (χ4v) is 3.31. The minimum Gasteiger partial charge on any atom is -0.464 e. The fraction of sp³-hybridized carbons (Fsp3) is 0.125. The Morgan fingerprint density at radius 1 is 1.03 bits per heavy atom. The third-order valence-electron chi connectivity index (χ3n) is 4.71. The number of carbonyl (C=O) groups excluding carboxylic acids is 1. The van der Waals surface area contributed by atoms with E-state index in [1.54, 1.807) is 12.4 Å². The van der Waals surface area contributed by atoms with Gasteiger partial charge in [-0.2, -0.15) is 0 Å². The summed E-state index contributed by atoms with van der Waals surface area (Å²) >= 11 is 0. The Hall–Kier alpha value is -3.93. The van der Waals surface area contributed by atoms with Gasteiger partial charge in [0.1, 0.15) is 5.70 Å². The predicted octanol–water partition coefficient (Wildman–Crippen LogP) is 4.30. The second-order valence-corrected chi connectivity index (χ2v) is 7.06. The number of methoxy groups -OCH3 is 1. The third kappa shape index (κ3) is 3.80. The minimum absolute atomic E-state index is 0.408. The van der Waals surface area contributed by atoms with Crippen LogP contribution in [0.4, 0.5) is 0 Å². The van der Waals surface area contributed by atoms with Gasteiger partial charge < -0.3 is 14.2 Å². The van der Waals surface area contributed by atoms with Crippen molar-refractivity contribution in [1.29, 1.82) is 0 Å². The van der Waals surface area contributed by atoms with Crippen molar-refractivity contribution < 1.29 is 9.53 Å². The first kappa shape index (κ1) is 19.4. The van der Waals surface area contributed by atoms with Crippen molar-refractivity contribution in [3.63, 3.8) is 0 Å². The van der Waals surface area contributed by atoms with Crippen molar-refractivity contribution in [2.45, 2.75) is 0 Å². The molecule has 0 N–H and O–H groups in total. The van der Waals surface area contributed by atoms with Gasteiger partial charge in [-0.25, -0.2) is 14.8 Å². The molecule has 2 aromatic heterocycles. The van der Waals surface area contributed by atoms with Gasteiger partial charge in [-0.1, -0.05) is 42.5 Å². The zero-order valence-corrected chi connectivity index (χ0v) is 17.1. The van der Waals surface area contributed by atoms with Crippen molar-refractivity contribution in [2.75, 3.05) is 21.2 Å². The molecule has 0 amide bonds. The number of hydrogen-bond donors (Lipinski definition) is 0. The summed E-state index contributed by atoms with van der Waals surface area (Å²) in [7, 11) is 5.11. The van der Waals surface area contributed by atoms with E-state index in [0.717, 1.165) is 27.7 Å². The molecule has 6 heteroatoms. The lowest BCUT2D eigenvalue weighted by Crippen LogP contribution is -2.14. The summed E-state index contributed by atoms with van der Waals surface area (Å²) in [6, 6.07) is 19.9. The summed E-state index contributed by atoms with van der Waals surface area (Å²) in [5.74, 6) is 0.219. The Bertz CT molecular complexity index is 1230. The molecule has 150 valence electrons. The molecule has 0 radical (unpaired) electrons. The molecule has 4 rings (SSSR count). The number of fused-ring (bicyclic) bond motifs is 1. The normalized spacial score (nSPS) is 11.5. The smallest absolute Gasteiger partial charge is 0.356 e. The van der Waals surface area contributed by atoms with Crippen LogP contribution in [0.1, 0.15) is 0 Å². The number of esters is 1. The van der Waals surface area contributed by atoms with Crippen LogP contribution in [0.5, 0.6) is 0 Å². The molecule has 0 aliphatic carbocycles. The lowest BCUT2D eigenvalue weighted by Gasteiger charge is -2.13. The molecule has 0 fully saturated rings. The molecular formula is C24H22N4O2. The van der Waals surface area contributed by atoms with Crippen LogP contribution in [0.15, 0.2) is 79.3 Å². The Balaban J connectivity index is 1.81. The number of carbonyl (C=O) groups is 1. The zero-order valence-electron chi connectivity index (χ0n) is 17.1. The number of ether oxygens (including phenoxy) is 1. The number of rotatable bonds is 5. The van der Waals surface area contributed by atoms with Gasteiger partial charge in [0.2, 0.25) is 0 Å². The van der Waals surface area contributed by atoms with Crippen molar-refractivity contribution in [2.24, 2.45) is 0 Å². The first-order valence-electron chi connectivity index (χ1n) is 9.53. The average molecular weight is 398 g/mol. The molecule has 6 nitrogen and oxygen atoms in total. The van der Waals surface area contributed by atoms with Crippen molar-refractivity contribution in [1.82, 2.24) is 19.4 Å². The standard InChI is InChI=1S/C24H22N4O2/c1-27(2)16-22(24(29)30-3)28-14-12-18-9-10-19(15-21(18)28)23-25-13-11-20(26-23)17-7-5-4-6-8-17/h4-16H,1-3H3. The number of nitrogens with zero attached hydrogens (tertiary/aromatic N) is 4. The monoisotopic (exact) mass is 398 g/mol. The van der Waals surface area contributed by atoms with Crippen molar-refractivity contribution >= 4 is 22.6 Å². The molecule has 2 aromatic carbocycles. The second-order valence-electron chi connectivity index (χ2n) is 7.06. The van der Waals surface area contributed by atoms with E-state index in [1.807, 2.05) is 90.4 Å². The van der Waals surface area contributed by atoms with Gasteiger partial charge in [0, 0.05) is 43.8 Å². The van der Waals surface area contributed by atoms with Crippen LogP contribution in [0, 0.1) is 0 Å². The molecule has 0 aliphatic heterocycles. The fourth-order valence-electron chi connectivity index (χ4n) is 3.31. The predicted molar refractivity (Wildman–Crippen MR) is 118 cm³/mol. The van der Waals surface area contributed by atoms with Crippen LogP contribution >= 0.6 is 0 Å². The Kier molecular flexibility index (Phi) is 5.30. The second kappa shape index (κ2) is 8.21. The van der Waals surface area contributed by atoms with Crippen LogP contribution in [0.25, 0.3) is 39.2 Å². The molecule has 0 saturated heterocycles. The highest BCUT2D eigenvalue weighted by atomic mass is 16.5. The van der Waals surface area contributed by atoms with Crippen LogP contribution in [0.3, 0.4) is 0 Å². The van der Waals surface area contributed by atoms with E-state index in [1.165, 1.54) is 7.11 Å². The quantitative estimate of drug-likeness (QED) is 0.371. The van der Waals surface area contributed by atoms with E-state index in [0.29, 0.717) is 11.5 Å². The van der Waals surface area contributed by atoms with Gasteiger partial charge in [0.25, 0.3) is 0 Å². The van der Waals surface area contributed by atoms with E-state index >= 15 is 0 Å². The maximum absolute atomic E-state index is 12.4. The molecule has 2 heterocycles. The average Bonchev–Trinajstić information content (AvgIpc) is 3.20. The van der Waals surface area contributed by atoms with Crippen LogP contribution < -0.4 is 0 Å². The summed E-state index contributed by atoms with van der Waals surface area (Å²) in [4.78, 5) is 23.4. The van der Waals surface area contributed by atoms with Crippen LogP contribution in [-0.4, -0.2) is 46.6 Å². The first-order chi connectivity index (χ1) is 14.6. The summed E-state index contributed by atoms with van der Waals surface area (Å²) in [6.07, 6.45) is 5.37. The largest absolute Gasteiger partial charge is 0.464 e. The molecule has 0 atom stereocenters. The SMILES string of the molecule is COC(=O)C(=CN(C)C)n1ccc2ccc(-c3nccc(-c4ccccc4)n3)cc21. The maximum atomic E-state index is 12.4. The van der Waals surface area contributed by atoms with Crippen LogP contribution in [0.2, 0.25) is 0 Å². The van der Waals surface area contributed by atoms with E-state index in [4.69, 9.17) is 9.72 Å². The van der Waals surface area contributed by atoms with Gasteiger partial charge >= 0.3 is 5.97 Å². The highest BCUT2D eigenvalue weighted by Crippen LogP contribution is 2.27. The van der Waals surface area contributed by atoms with Gasteiger partial charge in [-0.3, -0.25) is 0 Å². The minimum atomic E-state index is -0.408. The highest BCUT2D eigenvalue weighted by molar-refractivity contribution is 6.12. The molecule has 30 heavy (non-hydrogen) atoms. The molecular weight excluding hydrogens is 376 g/mol. The van der Waals surface area contributed by atoms with Crippen molar-refractivity contribution in [3.05, 3.63) is 79.3 Å². The molecule has 0 saturated carbocycles. The van der Waals surface area contributed by atoms with Gasteiger partial charge in [-0.15, -0.1) is 0 Å². The lowest BCUT2D eigenvalue weighted by atomic mass is 10.1.